The van der Waals surface area contributed by atoms with Gasteiger partial charge in [0.25, 0.3) is 0 Å². The van der Waals surface area contributed by atoms with E-state index in [0.717, 1.165) is 161 Å². The maximum Gasteiger partial charge on any atom is 0.472 e. The predicted molar refractivity (Wildman–Crippen MR) is 381 cm³/mol. The van der Waals surface area contributed by atoms with Crippen LogP contribution in [0.1, 0.15) is 336 Å². The highest BCUT2D eigenvalue weighted by Crippen LogP contribution is 2.45. The second-order valence-corrected chi connectivity index (χ2v) is 28.1. The molecule has 0 bridgehead atoms. The first-order valence-electron chi connectivity index (χ1n) is 37.5. The fourth-order valence-corrected chi connectivity index (χ4v) is 11.7. The SMILES string of the molecule is CCCC/C=C\CCCCCCCC(=O)OCC(COP(=O)(O)OCC(O)COP(=O)(O)OCC(COC(=O)CCCCCCCC/C=C\C/C=C\C/C=C\CCCCC)OC(=O)CCCCCCC/C=C\CCCCCC)OC(=O)CCCCCCCCCCCCC. The number of carbonyl (C=O) groups is 4. The van der Waals surface area contributed by atoms with Crippen LogP contribution in [0.25, 0.3) is 0 Å². The first kappa shape index (κ1) is 90.8. The average molecular weight is 1370 g/mol. The van der Waals surface area contributed by atoms with Crippen molar-refractivity contribution in [1.82, 2.24) is 0 Å². The summed E-state index contributed by atoms with van der Waals surface area (Å²) in [5, 5.41) is 10.6. The predicted octanol–water partition coefficient (Wildman–Crippen LogP) is 21.1. The van der Waals surface area contributed by atoms with Crippen LogP contribution in [0.3, 0.4) is 0 Å². The topological polar surface area (TPSA) is 237 Å². The molecule has 0 aromatic heterocycles. The lowest BCUT2D eigenvalue weighted by Crippen LogP contribution is -2.30. The van der Waals surface area contributed by atoms with E-state index in [0.29, 0.717) is 25.7 Å². The quantitative estimate of drug-likeness (QED) is 0.0169. The Morgan fingerprint density at radius 2 is 0.532 bits per heavy atom. The van der Waals surface area contributed by atoms with Gasteiger partial charge in [-0.15, -0.1) is 0 Å². The highest BCUT2D eigenvalue weighted by molar-refractivity contribution is 7.47. The summed E-state index contributed by atoms with van der Waals surface area (Å²) in [6, 6.07) is 0. The van der Waals surface area contributed by atoms with E-state index in [1.807, 2.05) is 0 Å². The van der Waals surface area contributed by atoms with Gasteiger partial charge in [0.15, 0.2) is 12.2 Å². The van der Waals surface area contributed by atoms with Gasteiger partial charge >= 0.3 is 39.5 Å². The third kappa shape index (κ3) is 67.3. The number of aliphatic hydroxyl groups excluding tert-OH is 1. The molecule has 0 heterocycles. The van der Waals surface area contributed by atoms with E-state index in [1.54, 1.807) is 0 Å². The Kier molecular flexibility index (Phi) is 65.9. The molecule has 3 N–H and O–H groups in total. The van der Waals surface area contributed by atoms with E-state index >= 15 is 0 Å². The summed E-state index contributed by atoms with van der Waals surface area (Å²) in [4.78, 5) is 72.6. The van der Waals surface area contributed by atoms with Crippen LogP contribution in [0.5, 0.6) is 0 Å². The molecular formula is C75H136O17P2. The summed E-state index contributed by atoms with van der Waals surface area (Å²) in [6.07, 6.45) is 65.1. The molecule has 0 aliphatic rings. The second kappa shape index (κ2) is 68.3. The summed E-state index contributed by atoms with van der Waals surface area (Å²) in [7, 11) is -9.93. The Hall–Kier alpha value is -3.24. The van der Waals surface area contributed by atoms with Gasteiger partial charge in [0.1, 0.15) is 19.3 Å². The number of phosphoric ester groups is 2. The minimum atomic E-state index is -4.97. The fourth-order valence-electron chi connectivity index (χ4n) is 10.1. The third-order valence-corrected chi connectivity index (χ3v) is 17.9. The molecule has 0 aromatic carbocycles. The highest BCUT2D eigenvalue weighted by atomic mass is 31.2. The Morgan fingerprint density at radius 3 is 0.872 bits per heavy atom. The normalized spacial score (nSPS) is 14.3. The number of esters is 4. The van der Waals surface area contributed by atoms with Gasteiger partial charge in [-0.3, -0.25) is 37.3 Å². The first-order chi connectivity index (χ1) is 45.7. The minimum absolute atomic E-state index is 0.0852. The lowest BCUT2D eigenvalue weighted by molar-refractivity contribution is -0.161. The molecule has 17 nitrogen and oxygen atoms in total. The molecule has 5 unspecified atom stereocenters. The number of unbranched alkanes of at least 4 members (excludes halogenated alkanes) is 35. The zero-order valence-electron chi connectivity index (χ0n) is 59.6. The second-order valence-electron chi connectivity index (χ2n) is 25.2. The lowest BCUT2D eigenvalue weighted by atomic mass is 10.1. The van der Waals surface area contributed by atoms with Crippen molar-refractivity contribution in [3.8, 4) is 0 Å². The molecule has 0 saturated carbocycles. The molecule has 0 aromatic rings. The number of hydrogen-bond acceptors (Lipinski definition) is 15. The minimum Gasteiger partial charge on any atom is -0.462 e. The first-order valence-corrected chi connectivity index (χ1v) is 40.5. The molecule has 5 atom stereocenters. The Morgan fingerprint density at radius 1 is 0.298 bits per heavy atom. The number of ether oxygens (including phenoxy) is 4. The van der Waals surface area contributed by atoms with E-state index in [1.165, 1.54) is 96.3 Å². The maximum absolute atomic E-state index is 13.1. The van der Waals surface area contributed by atoms with E-state index in [2.05, 4.69) is 88.5 Å². The molecule has 0 aliphatic heterocycles. The molecule has 0 saturated heterocycles. The molecule has 94 heavy (non-hydrogen) atoms. The number of allylic oxidation sites excluding steroid dienone is 10. The van der Waals surface area contributed by atoms with Crippen molar-refractivity contribution in [2.24, 2.45) is 0 Å². The Labute approximate surface area is 571 Å². The van der Waals surface area contributed by atoms with Crippen LogP contribution in [0.2, 0.25) is 0 Å². The zero-order valence-corrected chi connectivity index (χ0v) is 61.4. The van der Waals surface area contributed by atoms with E-state index < -0.39 is 97.5 Å². The summed E-state index contributed by atoms with van der Waals surface area (Å²) in [5.41, 5.74) is 0. The summed E-state index contributed by atoms with van der Waals surface area (Å²) in [6.45, 7) is 4.78. The van der Waals surface area contributed by atoms with Crippen LogP contribution in [-0.4, -0.2) is 96.7 Å². The monoisotopic (exact) mass is 1370 g/mol. The van der Waals surface area contributed by atoms with Crippen molar-refractivity contribution < 1.29 is 80.2 Å². The summed E-state index contributed by atoms with van der Waals surface area (Å²) < 4.78 is 68.3. The molecule has 0 radical (unpaired) electrons. The molecule has 0 fully saturated rings. The van der Waals surface area contributed by atoms with E-state index in [9.17, 15) is 43.2 Å². The van der Waals surface area contributed by atoms with Gasteiger partial charge in [-0.2, -0.15) is 0 Å². The highest BCUT2D eigenvalue weighted by Gasteiger charge is 2.30. The standard InChI is InChI=1S/C75H136O17P2/c1-5-9-13-17-21-25-29-31-32-33-34-35-36-38-41-44-48-52-56-60-73(78)86-66-71(92-75(80)62-58-54-50-46-42-37-30-26-22-18-14-10-6-2)68-90-94(83,84)88-64-69(76)63-87-93(81,82)89-67-70(91-74(79)61-57-53-49-45-40-28-24-20-16-12-8-4)65-85-72(77)59-55-51-47-43-39-27-23-19-15-11-7-3/h19,21,23,25-26,30-32,34-35,69-71,76H,5-18,20,22,24,27-29,33,36-68H2,1-4H3,(H,81,82)(H,83,84)/b23-19-,25-21-,30-26-,32-31-,35-34-. The molecule has 0 amide bonds. The third-order valence-electron chi connectivity index (χ3n) is 16.0. The van der Waals surface area contributed by atoms with Crippen molar-refractivity contribution in [1.29, 1.82) is 0 Å². The summed E-state index contributed by atoms with van der Waals surface area (Å²) >= 11 is 0. The van der Waals surface area contributed by atoms with Gasteiger partial charge in [-0.1, -0.05) is 262 Å². The van der Waals surface area contributed by atoms with Gasteiger partial charge < -0.3 is 33.8 Å². The van der Waals surface area contributed by atoms with Crippen LogP contribution >= 0.6 is 15.6 Å². The lowest BCUT2D eigenvalue weighted by Gasteiger charge is -2.21. The average Bonchev–Trinajstić information content (AvgIpc) is 1.26. The fraction of sp³-hybridized carbons (Fsp3) is 0.813. The largest absolute Gasteiger partial charge is 0.472 e. The Bertz CT molecular complexity index is 2030. The van der Waals surface area contributed by atoms with Crippen LogP contribution in [0.4, 0.5) is 0 Å². The van der Waals surface area contributed by atoms with Crippen molar-refractivity contribution in [3.05, 3.63) is 60.8 Å². The number of hydrogen-bond donors (Lipinski definition) is 3. The van der Waals surface area contributed by atoms with Gasteiger partial charge in [0.2, 0.25) is 0 Å². The molecule has 548 valence electrons. The number of phosphoric acid groups is 2. The molecule has 19 heteroatoms. The van der Waals surface area contributed by atoms with Crippen molar-refractivity contribution >= 4 is 39.5 Å². The van der Waals surface area contributed by atoms with Gasteiger partial charge in [-0.25, -0.2) is 9.13 Å². The molecule has 0 spiro atoms. The molecule has 0 aliphatic carbocycles. The van der Waals surface area contributed by atoms with Gasteiger partial charge in [-0.05, 0) is 109 Å². The van der Waals surface area contributed by atoms with Crippen molar-refractivity contribution in [3.63, 3.8) is 0 Å². The smallest absolute Gasteiger partial charge is 0.462 e. The number of aliphatic hydroxyl groups is 1. The molecule has 0 rings (SSSR count). The number of rotatable bonds is 71. The Balaban J connectivity index is 5.28. The van der Waals surface area contributed by atoms with Crippen molar-refractivity contribution in [2.45, 2.75) is 354 Å². The maximum atomic E-state index is 13.1. The molecular weight excluding hydrogens is 1230 g/mol. The van der Waals surface area contributed by atoms with Crippen LogP contribution in [-0.2, 0) is 65.4 Å². The summed E-state index contributed by atoms with van der Waals surface area (Å²) in [5.74, 6) is -2.18. The number of carbonyl (C=O) groups excluding carboxylic acids is 4. The van der Waals surface area contributed by atoms with Crippen LogP contribution in [0.15, 0.2) is 60.8 Å². The van der Waals surface area contributed by atoms with E-state index in [4.69, 9.17) is 37.0 Å². The van der Waals surface area contributed by atoms with E-state index in [-0.39, 0.29) is 25.7 Å². The van der Waals surface area contributed by atoms with Crippen LogP contribution < -0.4 is 0 Å². The van der Waals surface area contributed by atoms with Crippen LogP contribution in [0, 0.1) is 0 Å². The van der Waals surface area contributed by atoms with Crippen molar-refractivity contribution in [2.75, 3.05) is 39.6 Å². The van der Waals surface area contributed by atoms with Gasteiger partial charge in [0, 0.05) is 25.7 Å². The van der Waals surface area contributed by atoms with Gasteiger partial charge in [0.05, 0.1) is 26.4 Å². The zero-order chi connectivity index (χ0) is 69.0.